The Morgan fingerprint density at radius 3 is 2.08 bits per heavy atom. The van der Waals surface area contributed by atoms with E-state index in [0.717, 1.165) is 28.0 Å². The van der Waals surface area contributed by atoms with E-state index in [-0.39, 0.29) is 11.6 Å². The van der Waals surface area contributed by atoms with Crippen molar-refractivity contribution in [1.29, 1.82) is 0 Å². The van der Waals surface area contributed by atoms with Crippen molar-refractivity contribution in [2.75, 3.05) is 0 Å². The molecule has 0 aliphatic heterocycles. The maximum Gasteiger partial charge on any atom is 0.272 e. The van der Waals surface area contributed by atoms with Crippen LogP contribution < -0.4 is 15.2 Å². The molecule has 188 valence electrons. The predicted octanol–water partition coefficient (Wildman–Crippen LogP) is 5.82. The van der Waals surface area contributed by atoms with E-state index in [2.05, 4.69) is 31.0 Å². The topological polar surface area (TPSA) is 87.6 Å². The minimum atomic E-state index is -0.711. The summed E-state index contributed by atoms with van der Waals surface area (Å²) in [6.45, 7) is 5.13. The smallest absolute Gasteiger partial charge is 0.272 e. The Hall–Kier alpha value is -4.50. The molecule has 0 atom stereocenters. The zero-order valence-corrected chi connectivity index (χ0v) is 21.1. The van der Waals surface area contributed by atoms with Gasteiger partial charge in [0.25, 0.3) is 5.91 Å². The third kappa shape index (κ3) is 6.39. The van der Waals surface area contributed by atoms with Gasteiger partial charge in [-0.05, 0) is 40.7 Å². The average molecular weight is 495 g/mol. The van der Waals surface area contributed by atoms with E-state index >= 15 is 0 Å². The van der Waals surface area contributed by atoms with Gasteiger partial charge >= 0.3 is 0 Å². The van der Waals surface area contributed by atoms with Crippen LogP contribution in [0.5, 0.6) is 11.5 Å². The van der Waals surface area contributed by atoms with Crippen LogP contribution in [0.2, 0.25) is 0 Å². The van der Waals surface area contributed by atoms with E-state index in [1.165, 1.54) is 0 Å². The van der Waals surface area contributed by atoms with Crippen LogP contribution in [0.1, 0.15) is 63.8 Å². The SMILES string of the molecule is C#Cc1c(C(N)=O)noc1CCc1cc(C(C)C)c(OCc2ccccc2)cc1OCc1ccccc1. The van der Waals surface area contributed by atoms with Crippen LogP contribution in [0, 0.1) is 12.3 Å². The Morgan fingerprint density at radius 2 is 1.54 bits per heavy atom. The molecule has 0 aliphatic carbocycles. The van der Waals surface area contributed by atoms with Crippen LogP contribution in [0.25, 0.3) is 0 Å². The third-order valence-corrected chi connectivity index (χ3v) is 6.05. The molecule has 1 aromatic heterocycles. The van der Waals surface area contributed by atoms with E-state index in [4.69, 9.17) is 26.2 Å². The lowest BCUT2D eigenvalue weighted by atomic mass is 9.96. The molecule has 0 saturated heterocycles. The molecular formula is C31H30N2O4. The molecular weight excluding hydrogens is 464 g/mol. The van der Waals surface area contributed by atoms with Crippen molar-refractivity contribution in [2.45, 2.75) is 45.8 Å². The summed E-state index contributed by atoms with van der Waals surface area (Å²) in [4.78, 5) is 11.6. The molecule has 0 radical (unpaired) electrons. The van der Waals surface area contributed by atoms with Gasteiger partial charge in [-0.2, -0.15) is 0 Å². The molecule has 6 nitrogen and oxygen atoms in total. The fraction of sp³-hybridized carbons (Fsp3) is 0.226. The summed E-state index contributed by atoms with van der Waals surface area (Å²) < 4.78 is 17.9. The number of nitrogens with zero attached hydrogens (tertiary/aromatic N) is 1. The highest BCUT2D eigenvalue weighted by molar-refractivity contribution is 5.93. The highest BCUT2D eigenvalue weighted by Crippen LogP contribution is 2.36. The van der Waals surface area contributed by atoms with Crippen LogP contribution in [-0.4, -0.2) is 11.1 Å². The van der Waals surface area contributed by atoms with Crippen molar-refractivity contribution in [2.24, 2.45) is 5.73 Å². The van der Waals surface area contributed by atoms with Gasteiger partial charge in [-0.3, -0.25) is 4.79 Å². The van der Waals surface area contributed by atoms with Crippen molar-refractivity contribution in [3.63, 3.8) is 0 Å². The Balaban J connectivity index is 1.64. The molecule has 0 aliphatic rings. The number of amides is 1. The summed E-state index contributed by atoms with van der Waals surface area (Å²) in [5.74, 6) is 3.94. The number of hydrogen-bond acceptors (Lipinski definition) is 5. The summed E-state index contributed by atoms with van der Waals surface area (Å²) >= 11 is 0. The number of primary amides is 1. The fourth-order valence-electron chi connectivity index (χ4n) is 4.06. The van der Waals surface area contributed by atoms with E-state index in [9.17, 15) is 4.79 Å². The fourth-order valence-corrected chi connectivity index (χ4v) is 4.06. The minimum Gasteiger partial charge on any atom is -0.488 e. The first kappa shape index (κ1) is 25.6. The molecule has 1 amide bonds. The van der Waals surface area contributed by atoms with E-state index in [1.807, 2.05) is 66.7 Å². The minimum absolute atomic E-state index is 0.0226. The monoisotopic (exact) mass is 494 g/mol. The first-order valence-corrected chi connectivity index (χ1v) is 12.2. The van der Waals surface area contributed by atoms with Crippen LogP contribution in [0.15, 0.2) is 77.3 Å². The molecule has 4 rings (SSSR count). The summed E-state index contributed by atoms with van der Waals surface area (Å²) in [7, 11) is 0. The number of carbonyl (C=O) groups excluding carboxylic acids is 1. The molecule has 3 aromatic carbocycles. The second-order valence-corrected chi connectivity index (χ2v) is 9.04. The second kappa shape index (κ2) is 12.0. The molecule has 0 spiro atoms. The number of carbonyl (C=O) groups is 1. The van der Waals surface area contributed by atoms with Gasteiger partial charge in [0.2, 0.25) is 0 Å². The number of ether oxygens (including phenoxy) is 2. The number of benzene rings is 3. The number of hydrogen-bond donors (Lipinski definition) is 1. The quantitative estimate of drug-likeness (QED) is 0.265. The Morgan fingerprint density at radius 1 is 0.946 bits per heavy atom. The van der Waals surface area contributed by atoms with Gasteiger partial charge in [0.1, 0.15) is 30.3 Å². The molecule has 37 heavy (non-hydrogen) atoms. The van der Waals surface area contributed by atoms with Crippen molar-refractivity contribution in [1.82, 2.24) is 5.16 Å². The zero-order valence-electron chi connectivity index (χ0n) is 21.1. The second-order valence-electron chi connectivity index (χ2n) is 9.04. The Labute approximate surface area is 217 Å². The molecule has 0 saturated carbocycles. The van der Waals surface area contributed by atoms with Crippen molar-refractivity contribution >= 4 is 5.91 Å². The predicted molar refractivity (Wildman–Crippen MR) is 142 cm³/mol. The van der Waals surface area contributed by atoms with E-state index < -0.39 is 5.91 Å². The standard InChI is InChI=1S/C31H30N2O4/c1-4-25-27(37-33-30(25)31(32)34)16-15-24-17-26(21(2)3)29(36-20-23-13-9-6-10-14-23)18-28(24)35-19-22-11-7-5-8-12-22/h1,5-14,17-18,21H,15-16,19-20H2,2-3H3,(H2,32,34). The van der Waals surface area contributed by atoms with Crippen LogP contribution in [0.3, 0.4) is 0 Å². The van der Waals surface area contributed by atoms with Crippen molar-refractivity contribution in [3.8, 4) is 23.8 Å². The van der Waals surface area contributed by atoms with E-state index in [1.54, 1.807) is 0 Å². The van der Waals surface area contributed by atoms with Crippen LogP contribution in [0.4, 0.5) is 0 Å². The first-order chi connectivity index (χ1) is 18.0. The lowest BCUT2D eigenvalue weighted by molar-refractivity contribution is 0.0991. The maximum atomic E-state index is 11.6. The van der Waals surface area contributed by atoms with E-state index in [0.29, 0.717) is 43.1 Å². The largest absolute Gasteiger partial charge is 0.488 e. The molecule has 2 N–H and O–H groups in total. The molecule has 6 heteroatoms. The molecule has 4 aromatic rings. The Bertz CT molecular complexity index is 1390. The van der Waals surface area contributed by atoms with Gasteiger partial charge in [-0.25, -0.2) is 0 Å². The maximum absolute atomic E-state index is 11.6. The summed E-state index contributed by atoms with van der Waals surface area (Å²) in [6.07, 6.45) is 6.60. The van der Waals surface area contributed by atoms with Gasteiger partial charge in [-0.1, -0.05) is 85.6 Å². The summed E-state index contributed by atoms with van der Waals surface area (Å²) in [5.41, 5.74) is 9.85. The zero-order chi connectivity index (χ0) is 26.2. The number of rotatable bonds is 11. The normalized spacial score (nSPS) is 10.8. The number of terminal acetylenes is 1. The van der Waals surface area contributed by atoms with Crippen LogP contribution >= 0.6 is 0 Å². The van der Waals surface area contributed by atoms with Gasteiger partial charge in [0.15, 0.2) is 11.5 Å². The van der Waals surface area contributed by atoms with Crippen molar-refractivity contribution < 1.29 is 18.8 Å². The van der Waals surface area contributed by atoms with Crippen molar-refractivity contribution in [3.05, 3.63) is 112 Å². The highest BCUT2D eigenvalue weighted by atomic mass is 16.5. The van der Waals surface area contributed by atoms with Gasteiger partial charge in [0, 0.05) is 12.5 Å². The lowest BCUT2D eigenvalue weighted by Crippen LogP contribution is -2.13. The highest BCUT2D eigenvalue weighted by Gasteiger charge is 2.20. The molecule has 0 unspecified atom stereocenters. The molecule has 0 fully saturated rings. The molecule has 0 bridgehead atoms. The first-order valence-electron chi connectivity index (χ1n) is 12.2. The van der Waals surface area contributed by atoms with Gasteiger partial charge < -0.3 is 19.7 Å². The molecule has 1 heterocycles. The van der Waals surface area contributed by atoms with Gasteiger partial charge in [0.05, 0.1) is 0 Å². The average Bonchev–Trinajstić information content (AvgIpc) is 3.34. The summed E-state index contributed by atoms with van der Waals surface area (Å²) in [6, 6.07) is 24.1. The lowest BCUT2D eigenvalue weighted by Gasteiger charge is -2.19. The Kier molecular flexibility index (Phi) is 8.27. The number of nitrogens with two attached hydrogens (primary N) is 1. The third-order valence-electron chi connectivity index (χ3n) is 6.05. The number of aromatic nitrogens is 1. The number of aryl methyl sites for hydroxylation is 2. The van der Waals surface area contributed by atoms with Gasteiger partial charge in [-0.15, -0.1) is 6.42 Å². The summed E-state index contributed by atoms with van der Waals surface area (Å²) in [5, 5.41) is 3.77. The van der Waals surface area contributed by atoms with Crippen LogP contribution in [-0.2, 0) is 26.1 Å².